The highest BCUT2D eigenvalue weighted by Gasteiger charge is 2.17. The summed E-state index contributed by atoms with van der Waals surface area (Å²) in [6, 6.07) is 0. The Morgan fingerprint density at radius 1 is 0.333 bits per heavy atom. The average molecular weight is 911 g/mol. The Labute approximate surface area is 407 Å². The van der Waals surface area contributed by atoms with E-state index in [-0.39, 0.29) is 25.2 Å². The lowest BCUT2D eigenvalue weighted by molar-refractivity contribution is -0.163. The lowest BCUT2D eigenvalue weighted by Gasteiger charge is -2.18. The molecule has 0 aliphatic heterocycles. The monoisotopic (exact) mass is 911 g/mol. The van der Waals surface area contributed by atoms with E-state index in [4.69, 9.17) is 14.2 Å². The minimum atomic E-state index is -0.582. The molecule has 0 aromatic rings. The Hall–Kier alpha value is -3.96. The van der Waals surface area contributed by atoms with Crippen LogP contribution >= 0.6 is 0 Å². The quantitative estimate of drug-likeness (QED) is 0.0346. The molecule has 0 bridgehead atoms. The van der Waals surface area contributed by atoms with Crippen LogP contribution in [-0.2, 0) is 23.8 Å². The summed E-state index contributed by atoms with van der Waals surface area (Å²) < 4.78 is 17.4. The van der Waals surface area contributed by atoms with Crippen molar-refractivity contribution in [2.24, 2.45) is 0 Å². The summed E-state index contributed by atoms with van der Waals surface area (Å²) in [5.74, 6) is -0.492. The molecule has 1 atom stereocenters. The zero-order valence-electron chi connectivity index (χ0n) is 42.7. The molecule has 5 nitrogen and oxygen atoms in total. The fourth-order valence-electron chi connectivity index (χ4n) is 6.81. The minimum Gasteiger partial charge on any atom is -0.462 e. The fraction of sp³-hybridized carbons (Fsp3) is 0.607. The number of allylic oxidation sites excluding steroid dienone is 22. The van der Waals surface area contributed by atoms with Crippen molar-refractivity contribution in [2.75, 3.05) is 19.8 Å². The van der Waals surface area contributed by atoms with Gasteiger partial charge in [0.05, 0.1) is 6.61 Å². The first-order valence-corrected chi connectivity index (χ1v) is 26.7. The van der Waals surface area contributed by atoms with E-state index >= 15 is 0 Å². The summed E-state index contributed by atoms with van der Waals surface area (Å²) in [6.07, 6.45) is 79.0. The van der Waals surface area contributed by atoms with Crippen molar-refractivity contribution in [1.29, 1.82) is 0 Å². The maximum Gasteiger partial charge on any atom is 0.306 e. The Kier molecular flexibility index (Phi) is 52.0. The van der Waals surface area contributed by atoms with E-state index in [0.717, 1.165) is 128 Å². The number of hydrogen-bond donors (Lipinski definition) is 0. The van der Waals surface area contributed by atoms with Crippen molar-refractivity contribution >= 4 is 11.9 Å². The fourth-order valence-corrected chi connectivity index (χ4v) is 6.81. The Morgan fingerprint density at radius 3 is 1.06 bits per heavy atom. The van der Waals surface area contributed by atoms with Crippen molar-refractivity contribution in [2.45, 2.75) is 219 Å². The van der Waals surface area contributed by atoms with E-state index in [0.29, 0.717) is 19.4 Å². The summed E-state index contributed by atoms with van der Waals surface area (Å²) in [7, 11) is 0. The van der Waals surface area contributed by atoms with Gasteiger partial charge in [0, 0.05) is 19.4 Å². The molecule has 0 saturated carbocycles. The summed E-state index contributed by atoms with van der Waals surface area (Å²) in [6.45, 7) is 7.38. The van der Waals surface area contributed by atoms with Crippen LogP contribution in [0.15, 0.2) is 134 Å². The van der Waals surface area contributed by atoms with Gasteiger partial charge in [-0.15, -0.1) is 0 Å². The van der Waals surface area contributed by atoms with Crippen molar-refractivity contribution < 1.29 is 23.8 Å². The molecule has 0 aliphatic rings. The maximum atomic E-state index is 12.8. The van der Waals surface area contributed by atoms with E-state index in [1.54, 1.807) is 0 Å². The van der Waals surface area contributed by atoms with Crippen LogP contribution in [0.5, 0.6) is 0 Å². The van der Waals surface area contributed by atoms with E-state index in [1.165, 1.54) is 51.4 Å². The van der Waals surface area contributed by atoms with Crippen LogP contribution in [0, 0.1) is 0 Å². The van der Waals surface area contributed by atoms with E-state index in [2.05, 4.69) is 154 Å². The molecule has 0 rings (SSSR count). The molecule has 0 aliphatic carbocycles. The van der Waals surface area contributed by atoms with Gasteiger partial charge in [0.1, 0.15) is 6.61 Å². The smallest absolute Gasteiger partial charge is 0.306 e. The van der Waals surface area contributed by atoms with Gasteiger partial charge in [-0.1, -0.05) is 212 Å². The number of ether oxygens (including phenoxy) is 3. The highest BCUT2D eigenvalue weighted by atomic mass is 16.6. The number of carbonyl (C=O) groups excluding carboxylic acids is 2. The maximum absolute atomic E-state index is 12.8. The highest BCUT2D eigenvalue weighted by Crippen LogP contribution is 2.13. The van der Waals surface area contributed by atoms with Gasteiger partial charge in [-0.2, -0.15) is 0 Å². The molecule has 5 heteroatoms. The molecule has 1 unspecified atom stereocenters. The lowest BCUT2D eigenvalue weighted by Crippen LogP contribution is -2.30. The Balaban J connectivity index is 4.44. The van der Waals surface area contributed by atoms with E-state index in [1.807, 2.05) is 0 Å². The molecule has 0 aromatic heterocycles. The normalized spacial score (nSPS) is 13.3. The van der Waals surface area contributed by atoms with Crippen molar-refractivity contribution in [3.63, 3.8) is 0 Å². The van der Waals surface area contributed by atoms with Crippen molar-refractivity contribution in [3.8, 4) is 0 Å². The number of unbranched alkanes of at least 4 members (excludes halogenated alkanes) is 14. The predicted molar refractivity (Wildman–Crippen MR) is 288 cm³/mol. The second kappa shape index (κ2) is 55.4. The third-order valence-corrected chi connectivity index (χ3v) is 10.7. The molecule has 0 spiro atoms. The van der Waals surface area contributed by atoms with E-state index in [9.17, 15) is 9.59 Å². The Morgan fingerprint density at radius 2 is 0.652 bits per heavy atom. The second-order valence-corrected chi connectivity index (χ2v) is 17.0. The molecular weight excluding hydrogens is 813 g/mol. The van der Waals surface area contributed by atoms with Crippen molar-refractivity contribution in [1.82, 2.24) is 0 Å². The van der Waals surface area contributed by atoms with Crippen LogP contribution < -0.4 is 0 Å². The molecule has 0 fully saturated rings. The average Bonchev–Trinajstić information content (AvgIpc) is 3.32. The lowest BCUT2D eigenvalue weighted by atomic mass is 10.1. The molecule has 372 valence electrons. The zero-order valence-corrected chi connectivity index (χ0v) is 42.7. The van der Waals surface area contributed by atoms with Gasteiger partial charge in [-0.3, -0.25) is 9.59 Å². The molecule has 0 amide bonds. The van der Waals surface area contributed by atoms with E-state index < -0.39 is 6.10 Å². The molecule has 0 saturated heterocycles. The molecule has 66 heavy (non-hydrogen) atoms. The minimum absolute atomic E-state index is 0.0375. The summed E-state index contributed by atoms with van der Waals surface area (Å²) >= 11 is 0. The third-order valence-electron chi connectivity index (χ3n) is 10.7. The number of hydrogen-bond acceptors (Lipinski definition) is 5. The van der Waals surface area contributed by atoms with Crippen LogP contribution in [0.2, 0.25) is 0 Å². The van der Waals surface area contributed by atoms with Gasteiger partial charge in [0.25, 0.3) is 0 Å². The Bertz CT molecular complexity index is 1400. The predicted octanol–water partition coefficient (Wildman–Crippen LogP) is 18.3. The molecule has 0 heterocycles. The van der Waals surface area contributed by atoms with Gasteiger partial charge in [-0.05, 0) is 122 Å². The summed E-state index contributed by atoms with van der Waals surface area (Å²) in [5, 5.41) is 0. The van der Waals surface area contributed by atoms with Crippen LogP contribution in [0.4, 0.5) is 0 Å². The SMILES string of the molecule is CC/C=C\C/C=C\C/C=C\C/C=C\C/C=C\CCCC(=O)OCC(COCCCCCCCC/C=C\C/C=C\C/C=C\CC)OC(=O)CCCCCCCCC/C=C\C/C=C\C/C=C\CC. The standard InChI is InChI=1S/C61H98O5/c1-4-7-10-13-16-19-22-25-28-31-33-36-39-42-45-48-51-54-60(62)65-58-59(57-64-56-53-50-47-44-41-38-35-30-27-24-21-18-15-12-9-6-3)66-61(63)55-52-49-46-43-40-37-34-32-29-26-23-20-17-14-11-8-5-2/h7-12,16-21,25-30,33,36,42,45,59H,4-6,13-15,22-24,31-32,34-35,37-41,43-44,46-58H2,1-3H3/b10-7-,11-8-,12-9-,19-16-,20-17-,21-18-,28-25-,29-26-,30-27-,36-33-,45-42-. The number of esters is 2. The van der Waals surface area contributed by atoms with Crippen LogP contribution in [0.25, 0.3) is 0 Å². The number of rotatable bonds is 47. The van der Waals surface area contributed by atoms with Gasteiger partial charge in [0.2, 0.25) is 0 Å². The first-order valence-electron chi connectivity index (χ1n) is 26.7. The molecule has 0 aromatic carbocycles. The van der Waals surface area contributed by atoms with Crippen LogP contribution in [0.1, 0.15) is 213 Å². The number of carbonyl (C=O) groups is 2. The van der Waals surface area contributed by atoms with Gasteiger partial charge >= 0.3 is 11.9 Å². The van der Waals surface area contributed by atoms with Crippen LogP contribution in [-0.4, -0.2) is 37.9 Å². The molecular formula is C61H98O5. The van der Waals surface area contributed by atoms with Crippen LogP contribution in [0.3, 0.4) is 0 Å². The molecule has 0 N–H and O–H groups in total. The summed E-state index contributed by atoms with van der Waals surface area (Å²) in [5.41, 5.74) is 0. The highest BCUT2D eigenvalue weighted by molar-refractivity contribution is 5.70. The largest absolute Gasteiger partial charge is 0.462 e. The van der Waals surface area contributed by atoms with Crippen molar-refractivity contribution in [3.05, 3.63) is 134 Å². The second-order valence-electron chi connectivity index (χ2n) is 17.0. The first kappa shape index (κ1) is 62.0. The zero-order chi connectivity index (χ0) is 47.7. The third kappa shape index (κ3) is 52.7. The summed E-state index contributed by atoms with van der Waals surface area (Å²) in [4.78, 5) is 25.4. The molecule has 0 radical (unpaired) electrons. The topological polar surface area (TPSA) is 61.8 Å². The van der Waals surface area contributed by atoms with Gasteiger partial charge in [-0.25, -0.2) is 0 Å². The van der Waals surface area contributed by atoms with Gasteiger partial charge < -0.3 is 14.2 Å². The first-order chi connectivity index (χ1) is 32.6. The van der Waals surface area contributed by atoms with Gasteiger partial charge in [0.15, 0.2) is 6.10 Å².